The van der Waals surface area contributed by atoms with E-state index in [-0.39, 0.29) is 0 Å². The van der Waals surface area contributed by atoms with Crippen LogP contribution in [0, 0.1) is 11.3 Å². The number of nitrogens with one attached hydrogen (secondary N) is 1. The van der Waals surface area contributed by atoms with Gasteiger partial charge >= 0.3 is 0 Å². The van der Waals surface area contributed by atoms with Gasteiger partial charge < -0.3 is 11.1 Å². The van der Waals surface area contributed by atoms with Gasteiger partial charge in [-0.3, -0.25) is 4.79 Å². The van der Waals surface area contributed by atoms with E-state index in [1.165, 1.54) is 0 Å². The molecule has 0 saturated heterocycles. The van der Waals surface area contributed by atoms with Crippen molar-refractivity contribution in [2.75, 3.05) is 5.32 Å². The molecule has 3 N–H and O–H groups in total. The van der Waals surface area contributed by atoms with Crippen LogP contribution in [0.3, 0.4) is 0 Å². The van der Waals surface area contributed by atoms with E-state index in [1.807, 2.05) is 6.07 Å². The number of nitrogens with two attached hydrogens (primary N) is 1. The number of hydrogen-bond donors (Lipinski definition) is 2. The van der Waals surface area contributed by atoms with Crippen LogP contribution in [0.5, 0.6) is 0 Å². The molecule has 2 aromatic rings. The SMILES string of the molecule is N#Cc1ccnc(Nc2ccc(C(N)=O)cc2)c1. The summed E-state index contributed by atoms with van der Waals surface area (Å²) >= 11 is 0. The van der Waals surface area contributed by atoms with Crippen LogP contribution >= 0.6 is 0 Å². The summed E-state index contributed by atoms with van der Waals surface area (Å²) in [6.07, 6.45) is 1.55. The molecular weight excluding hydrogens is 228 g/mol. The topological polar surface area (TPSA) is 91.8 Å². The number of aromatic nitrogens is 1. The molecule has 0 radical (unpaired) electrons. The number of benzene rings is 1. The van der Waals surface area contributed by atoms with Gasteiger partial charge in [-0.2, -0.15) is 5.26 Å². The molecule has 0 unspecified atom stereocenters. The first-order valence-corrected chi connectivity index (χ1v) is 5.22. The number of pyridine rings is 1. The van der Waals surface area contributed by atoms with Crippen molar-refractivity contribution in [2.45, 2.75) is 0 Å². The third-order valence-electron chi connectivity index (χ3n) is 2.33. The van der Waals surface area contributed by atoms with Crippen molar-refractivity contribution in [1.82, 2.24) is 4.98 Å². The zero-order chi connectivity index (χ0) is 13.0. The Kier molecular flexibility index (Phi) is 3.21. The summed E-state index contributed by atoms with van der Waals surface area (Å²) in [6.45, 7) is 0. The second-order valence-corrected chi connectivity index (χ2v) is 3.61. The Balaban J connectivity index is 2.18. The molecule has 1 aromatic carbocycles. The highest BCUT2D eigenvalue weighted by Crippen LogP contribution is 2.15. The smallest absolute Gasteiger partial charge is 0.248 e. The van der Waals surface area contributed by atoms with Crippen molar-refractivity contribution in [1.29, 1.82) is 5.26 Å². The molecule has 1 aromatic heterocycles. The van der Waals surface area contributed by atoms with Gasteiger partial charge in [-0.1, -0.05) is 0 Å². The van der Waals surface area contributed by atoms with E-state index in [2.05, 4.69) is 10.3 Å². The van der Waals surface area contributed by atoms with Crippen LogP contribution in [-0.2, 0) is 0 Å². The summed E-state index contributed by atoms with van der Waals surface area (Å²) in [7, 11) is 0. The number of nitrogens with zero attached hydrogens (tertiary/aromatic N) is 2. The Morgan fingerprint density at radius 3 is 2.61 bits per heavy atom. The molecule has 1 heterocycles. The molecule has 18 heavy (non-hydrogen) atoms. The van der Waals surface area contributed by atoms with Crippen LogP contribution in [-0.4, -0.2) is 10.9 Å². The quantitative estimate of drug-likeness (QED) is 0.852. The van der Waals surface area contributed by atoms with Crippen LogP contribution in [0.1, 0.15) is 15.9 Å². The Hall–Kier alpha value is -2.87. The predicted molar refractivity (Wildman–Crippen MR) is 67.2 cm³/mol. The molecule has 5 nitrogen and oxygen atoms in total. The highest BCUT2D eigenvalue weighted by molar-refractivity contribution is 5.93. The molecule has 0 spiro atoms. The Morgan fingerprint density at radius 1 is 1.28 bits per heavy atom. The maximum Gasteiger partial charge on any atom is 0.248 e. The zero-order valence-corrected chi connectivity index (χ0v) is 9.42. The molecule has 5 heteroatoms. The molecule has 1 amide bonds. The Bertz CT molecular complexity index is 614. The molecular formula is C13H10N4O. The van der Waals surface area contributed by atoms with Crippen LogP contribution in [0.25, 0.3) is 0 Å². The van der Waals surface area contributed by atoms with Crippen LogP contribution in [0.15, 0.2) is 42.6 Å². The molecule has 0 atom stereocenters. The maximum atomic E-state index is 10.9. The third kappa shape index (κ3) is 2.62. The van der Waals surface area contributed by atoms with Gasteiger partial charge in [0.1, 0.15) is 5.82 Å². The number of nitriles is 1. The Labute approximate surface area is 104 Å². The lowest BCUT2D eigenvalue weighted by molar-refractivity contribution is 0.100. The summed E-state index contributed by atoms with van der Waals surface area (Å²) in [5.74, 6) is 0.104. The second kappa shape index (κ2) is 4.97. The molecule has 0 aliphatic carbocycles. The van der Waals surface area contributed by atoms with Gasteiger partial charge in [0.2, 0.25) is 5.91 Å². The van der Waals surface area contributed by atoms with E-state index in [1.54, 1.807) is 42.6 Å². The number of primary amides is 1. The molecule has 0 fully saturated rings. The highest BCUT2D eigenvalue weighted by atomic mass is 16.1. The van der Waals surface area contributed by atoms with Crippen LogP contribution < -0.4 is 11.1 Å². The van der Waals surface area contributed by atoms with Gasteiger partial charge in [0.05, 0.1) is 11.6 Å². The summed E-state index contributed by atoms with van der Waals surface area (Å²) in [4.78, 5) is 15.0. The molecule has 0 saturated carbocycles. The van der Waals surface area contributed by atoms with Crippen molar-refractivity contribution < 1.29 is 4.79 Å². The average molecular weight is 238 g/mol. The van der Waals surface area contributed by atoms with Crippen molar-refractivity contribution in [3.63, 3.8) is 0 Å². The molecule has 0 aliphatic rings. The van der Waals surface area contributed by atoms with E-state index < -0.39 is 5.91 Å². The molecule has 2 rings (SSSR count). The van der Waals surface area contributed by atoms with Crippen molar-refractivity contribution >= 4 is 17.4 Å². The number of anilines is 2. The summed E-state index contributed by atoms with van der Waals surface area (Å²) < 4.78 is 0. The number of rotatable bonds is 3. The van der Waals surface area contributed by atoms with Crippen LogP contribution in [0.2, 0.25) is 0 Å². The summed E-state index contributed by atoms with van der Waals surface area (Å²) in [6, 6.07) is 12.0. The first kappa shape index (κ1) is 11.6. The molecule has 0 aliphatic heterocycles. The molecule has 88 valence electrons. The van der Waals surface area contributed by atoms with Gasteiger partial charge in [-0.25, -0.2) is 4.98 Å². The van der Waals surface area contributed by atoms with Gasteiger partial charge in [0.15, 0.2) is 0 Å². The lowest BCUT2D eigenvalue weighted by atomic mass is 10.2. The minimum absolute atomic E-state index is 0.444. The largest absolute Gasteiger partial charge is 0.366 e. The van der Waals surface area contributed by atoms with Crippen molar-refractivity contribution in [3.8, 4) is 6.07 Å². The van der Waals surface area contributed by atoms with E-state index in [0.29, 0.717) is 16.9 Å². The highest BCUT2D eigenvalue weighted by Gasteiger charge is 2.01. The van der Waals surface area contributed by atoms with E-state index in [4.69, 9.17) is 11.0 Å². The first-order valence-electron chi connectivity index (χ1n) is 5.22. The second-order valence-electron chi connectivity index (χ2n) is 3.61. The maximum absolute atomic E-state index is 10.9. The summed E-state index contributed by atoms with van der Waals surface area (Å²) in [5, 5.41) is 11.8. The minimum atomic E-state index is -0.467. The Morgan fingerprint density at radius 2 is 2.00 bits per heavy atom. The summed E-state index contributed by atoms with van der Waals surface area (Å²) in [5.41, 5.74) is 6.89. The lowest BCUT2D eigenvalue weighted by Gasteiger charge is -2.05. The fraction of sp³-hybridized carbons (Fsp3) is 0. The fourth-order valence-electron chi connectivity index (χ4n) is 1.43. The average Bonchev–Trinajstić information content (AvgIpc) is 2.39. The first-order chi connectivity index (χ1) is 8.69. The van der Waals surface area contributed by atoms with Crippen molar-refractivity contribution in [3.05, 3.63) is 53.7 Å². The zero-order valence-electron chi connectivity index (χ0n) is 9.42. The van der Waals surface area contributed by atoms with Gasteiger partial charge in [0.25, 0.3) is 0 Å². The number of carbonyl (C=O) groups excluding carboxylic acids is 1. The monoisotopic (exact) mass is 238 g/mol. The van der Waals surface area contributed by atoms with Gasteiger partial charge in [-0.05, 0) is 36.4 Å². The molecule has 0 bridgehead atoms. The van der Waals surface area contributed by atoms with E-state index in [9.17, 15) is 4.79 Å². The predicted octanol–water partition coefficient (Wildman–Crippen LogP) is 1.80. The number of amides is 1. The lowest BCUT2D eigenvalue weighted by Crippen LogP contribution is -2.10. The van der Waals surface area contributed by atoms with Gasteiger partial charge in [-0.15, -0.1) is 0 Å². The van der Waals surface area contributed by atoms with Gasteiger partial charge in [0, 0.05) is 17.4 Å². The van der Waals surface area contributed by atoms with E-state index in [0.717, 1.165) is 5.69 Å². The number of hydrogen-bond acceptors (Lipinski definition) is 4. The standard InChI is InChI=1S/C13H10N4O/c14-8-9-5-6-16-12(7-9)17-11-3-1-10(2-4-11)13(15)18/h1-7H,(H2,15,18)(H,16,17). The normalized spacial score (nSPS) is 9.50. The fourth-order valence-corrected chi connectivity index (χ4v) is 1.43. The van der Waals surface area contributed by atoms with E-state index >= 15 is 0 Å². The van der Waals surface area contributed by atoms with Crippen molar-refractivity contribution in [2.24, 2.45) is 5.73 Å². The van der Waals surface area contributed by atoms with Crippen LogP contribution in [0.4, 0.5) is 11.5 Å². The third-order valence-corrected chi connectivity index (χ3v) is 2.33. The minimum Gasteiger partial charge on any atom is -0.366 e. The number of carbonyl (C=O) groups is 1.